The van der Waals surface area contributed by atoms with Gasteiger partial charge in [-0.1, -0.05) is 17.7 Å². The molecule has 1 saturated heterocycles. The number of carbonyl (C=O) groups is 2. The van der Waals surface area contributed by atoms with Gasteiger partial charge in [0.2, 0.25) is 5.91 Å². The number of hydrogen-bond acceptors (Lipinski definition) is 4. The summed E-state index contributed by atoms with van der Waals surface area (Å²) in [6, 6.07) is 12.8. The lowest BCUT2D eigenvalue weighted by atomic mass is 9.90. The summed E-state index contributed by atoms with van der Waals surface area (Å²) < 4.78 is 5.56. The van der Waals surface area contributed by atoms with Crippen molar-refractivity contribution in [1.82, 2.24) is 15.2 Å². The molecule has 1 spiro atoms. The number of piperidine rings is 1. The van der Waals surface area contributed by atoms with E-state index >= 15 is 0 Å². The monoisotopic (exact) mass is 427 g/mol. The Morgan fingerprint density at radius 3 is 2.63 bits per heavy atom. The second-order valence-electron chi connectivity index (χ2n) is 8.10. The number of aromatic nitrogens is 1. The summed E-state index contributed by atoms with van der Waals surface area (Å²) in [6.45, 7) is 1.99. The van der Waals surface area contributed by atoms with Gasteiger partial charge in [0, 0.05) is 48.9 Å². The van der Waals surface area contributed by atoms with Crippen LogP contribution in [0.3, 0.4) is 0 Å². The number of likely N-dealkylation sites (tertiary alicyclic amines) is 1. The third-order valence-electron chi connectivity index (χ3n) is 6.20. The molecule has 2 aliphatic rings. The Labute approximate surface area is 181 Å². The van der Waals surface area contributed by atoms with Gasteiger partial charge in [0.15, 0.2) is 6.61 Å². The van der Waals surface area contributed by atoms with Crippen LogP contribution in [0.15, 0.2) is 48.7 Å². The van der Waals surface area contributed by atoms with Gasteiger partial charge in [-0.05, 0) is 61.1 Å². The van der Waals surface area contributed by atoms with Gasteiger partial charge < -0.3 is 15.0 Å². The van der Waals surface area contributed by atoms with Crippen LogP contribution in [0.5, 0.6) is 5.75 Å². The Hall–Kier alpha value is -2.60. The minimum absolute atomic E-state index is 0.0168. The zero-order valence-corrected chi connectivity index (χ0v) is 17.6. The molecule has 4 rings (SSSR count). The van der Waals surface area contributed by atoms with Crippen molar-refractivity contribution in [3.8, 4) is 5.75 Å². The number of ether oxygens (including phenoxy) is 1. The third kappa shape index (κ3) is 4.93. The molecule has 158 valence electrons. The highest BCUT2D eigenvalue weighted by molar-refractivity contribution is 6.30. The molecule has 1 N–H and O–H groups in total. The summed E-state index contributed by atoms with van der Waals surface area (Å²) in [5, 5.41) is 3.69. The number of halogens is 1. The minimum Gasteiger partial charge on any atom is -0.484 e. The number of hydrogen-bond donors (Lipinski definition) is 1. The summed E-state index contributed by atoms with van der Waals surface area (Å²) in [6.07, 6.45) is 5.17. The fourth-order valence-corrected chi connectivity index (χ4v) is 4.35. The second kappa shape index (κ2) is 9.04. The first kappa shape index (κ1) is 20.7. The molecule has 0 unspecified atom stereocenters. The first-order valence-corrected chi connectivity index (χ1v) is 10.8. The highest BCUT2D eigenvalue weighted by atomic mass is 35.5. The molecule has 30 heavy (non-hydrogen) atoms. The van der Waals surface area contributed by atoms with E-state index in [2.05, 4.69) is 10.3 Å². The number of rotatable bonds is 7. The van der Waals surface area contributed by atoms with Crippen LogP contribution in [-0.4, -0.2) is 47.9 Å². The van der Waals surface area contributed by atoms with E-state index in [0.717, 1.165) is 31.4 Å². The molecule has 1 aliphatic carbocycles. The lowest BCUT2D eigenvalue weighted by molar-refractivity contribution is -0.135. The largest absolute Gasteiger partial charge is 0.484 e. The average molecular weight is 428 g/mol. The Bertz CT molecular complexity index is 880. The number of benzene rings is 1. The van der Waals surface area contributed by atoms with Crippen LogP contribution >= 0.6 is 11.6 Å². The second-order valence-corrected chi connectivity index (χ2v) is 8.54. The maximum Gasteiger partial charge on any atom is 0.260 e. The van der Waals surface area contributed by atoms with Crippen LogP contribution in [-0.2, 0) is 16.0 Å². The van der Waals surface area contributed by atoms with Crippen molar-refractivity contribution in [3.63, 3.8) is 0 Å². The van der Waals surface area contributed by atoms with Crippen LogP contribution in [0, 0.1) is 11.3 Å². The molecule has 0 radical (unpaired) electrons. The van der Waals surface area contributed by atoms with Crippen LogP contribution in [0.25, 0.3) is 0 Å². The van der Waals surface area contributed by atoms with Crippen LogP contribution in [0.1, 0.15) is 25.0 Å². The molecule has 1 aliphatic heterocycles. The molecule has 7 heteroatoms. The Morgan fingerprint density at radius 1 is 1.17 bits per heavy atom. The van der Waals surface area contributed by atoms with Crippen molar-refractivity contribution in [2.75, 3.05) is 26.2 Å². The third-order valence-corrected chi connectivity index (χ3v) is 6.45. The molecule has 0 bridgehead atoms. The zero-order chi connectivity index (χ0) is 21.0. The fourth-order valence-electron chi connectivity index (χ4n) is 4.22. The van der Waals surface area contributed by atoms with E-state index in [1.807, 2.05) is 23.1 Å². The van der Waals surface area contributed by atoms with Gasteiger partial charge in [-0.15, -0.1) is 0 Å². The number of pyridine rings is 1. The fraction of sp³-hybridized carbons (Fsp3) is 0.435. The maximum atomic E-state index is 12.5. The van der Waals surface area contributed by atoms with Gasteiger partial charge in [-0.3, -0.25) is 14.6 Å². The zero-order valence-electron chi connectivity index (χ0n) is 16.9. The minimum atomic E-state index is -0.0168. The van der Waals surface area contributed by atoms with E-state index in [-0.39, 0.29) is 29.8 Å². The summed E-state index contributed by atoms with van der Waals surface area (Å²) >= 11 is 5.86. The van der Waals surface area contributed by atoms with E-state index in [1.54, 1.807) is 30.5 Å². The van der Waals surface area contributed by atoms with Gasteiger partial charge in [-0.2, -0.15) is 0 Å². The van der Waals surface area contributed by atoms with Gasteiger partial charge in [-0.25, -0.2) is 0 Å². The van der Waals surface area contributed by atoms with Crippen molar-refractivity contribution in [2.45, 2.75) is 25.7 Å². The molecule has 2 aromatic rings. The summed E-state index contributed by atoms with van der Waals surface area (Å²) in [5.74, 6) is 0.822. The molecule has 2 amide bonds. The predicted octanol–water partition coefficient (Wildman–Crippen LogP) is 3.10. The molecule has 1 aromatic heterocycles. The number of carbonyl (C=O) groups excluding carboxylic acids is 2. The van der Waals surface area contributed by atoms with Crippen molar-refractivity contribution < 1.29 is 14.3 Å². The first-order chi connectivity index (χ1) is 14.6. The highest BCUT2D eigenvalue weighted by Gasteiger charge is 2.58. The molecule has 6 nitrogen and oxygen atoms in total. The maximum absolute atomic E-state index is 12.5. The highest BCUT2D eigenvalue weighted by Crippen LogP contribution is 2.59. The first-order valence-electron chi connectivity index (χ1n) is 10.4. The van der Waals surface area contributed by atoms with E-state index in [1.165, 1.54) is 0 Å². The normalized spacial score (nSPS) is 19.4. The Kier molecular flexibility index (Phi) is 6.23. The van der Waals surface area contributed by atoms with Crippen LogP contribution in [0.4, 0.5) is 0 Å². The van der Waals surface area contributed by atoms with Gasteiger partial charge in [0.1, 0.15) is 5.75 Å². The number of amides is 2. The van der Waals surface area contributed by atoms with Gasteiger partial charge in [0.25, 0.3) is 5.91 Å². The Morgan fingerprint density at radius 2 is 1.93 bits per heavy atom. The SMILES string of the molecule is O=C(NCCc1ccccn1)[C@@H]1CC12CCN(C(=O)COc1ccc(Cl)cc1)CC2. The molecule has 2 fully saturated rings. The van der Waals surface area contributed by atoms with E-state index in [0.29, 0.717) is 30.4 Å². The standard InChI is InChI=1S/C23H26ClN3O3/c24-17-4-6-19(7-5-17)30-16-21(28)27-13-9-23(10-14-27)15-20(23)22(29)26-12-8-18-3-1-2-11-25-18/h1-7,11,20H,8-10,12-16H2,(H,26,29)/t20-/m0/s1. The quantitative estimate of drug-likeness (QED) is 0.737. The number of nitrogens with one attached hydrogen (secondary N) is 1. The average Bonchev–Trinajstić information content (AvgIpc) is 3.47. The lowest BCUT2D eigenvalue weighted by Gasteiger charge is -2.32. The molecule has 2 heterocycles. The molecular formula is C23H26ClN3O3. The van der Waals surface area contributed by atoms with E-state index in [4.69, 9.17) is 16.3 Å². The van der Waals surface area contributed by atoms with Crippen LogP contribution < -0.4 is 10.1 Å². The van der Waals surface area contributed by atoms with E-state index in [9.17, 15) is 9.59 Å². The van der Waals surface area contributed by atoms with Crippen molar-refractivity contribution in [1.29, 1.82) is 0 Å². The van der Waals surface area contributed by atoms with Crippen molar-refractivity contribution in [3.05, 3.63) is 59.4 Å². The predicted molar refractivity (Wildman–Crippen MR) is 114 cm³/mol. The molecule has 1 atom stereocenters. The summed E-state index contributed by atoms with van der Waals surface area (Å²) in [5.41, 5.74) is 1.05. The summed E-state index contributed by atoms with van der Waals surface area (Å²) in [7, 11) is 0. The van der Waals surface area contributed by atoms with Gasteiger partial charge in [0.05, 0.1) is 0 Å². The smallest absolute Gasteiger partial charge is 0.260 e. The summed E-state index contributed by atoms with van der Waals surface area (Å²) in [4.78, 5) is 31.1. The van der Waals surface area contributed by atoms with Crippen LogP contribution in [0.2, 0.25) is 5.02 Å². The van der Waals surface area contributed by atoms with Gasteiger partial charge >= 0.3 is 0 Å². The van der Waals surface area contributed by atoms with E-state index < -0.39 is 0 Å². The lowest BCUT2D eigenvalue weighted by Crippen LogP contribution is -2.42. The van der Waals surface area contributed by atoms with Crippen molar-refractivity contribution in [2.24, 2.45) is 11.3 Å². The molecule has 1 aromatic carbocycles. The molecular weight excluding hydrogens is 402 g/mol. The molecule has 1 saturated carbocycles. The number of nitrogens with zero attached hydrogens (tertiary/aromatic N) is 2. The topological polar surface area (TPSA) is 71.5 Å². The van der Waals surface area contributed by atoms with Crippen molar-refractivity contribution >= 4 is 23.4 Å². The Balaban J connectivity index is 1.17.